The Labute approximate surface area is 136 Å². The summed E-state index contributed by atoms with van der Waals surface area (Å²) in [6, 6.07) is 10.3. The number of halogens is 1. The summed E-state index contributed by atoms with van der Waals surface area (Å²) < 4.78 is 0. The third-order valence-electron chi connectivity index (χ3n) is 6.30. The highest BCUT2D eigenvalue weighted by Gasteiger charge is 2.60. The second-order valence-electron chi connectivity index (χ2n) is 7.59. The van der Waals surface area contributed by atoms with Crippen molar-refractivity contribution in [1.29, 1.82) is 0 Å². The molecule has 2 aliphatic carbocycles. The van der Waals surface area contributed by atoms with Crippen molar-refractivity contribution in [3.63, 3.8) is 0 Å². The molecule has 0 N–H and O–H groups in total. The highest BCUT2D eigenvalue weighted by atomic mass is 35.5. The van der Waals surface area contributed by atoms with Crippen LogP contribution in [-0.2, 0) is 11.8 Å². The molecule has 3 heteroatoms. The molecule has 4 rings (SSSR count). The van der Waals surface area contributed by atoms with E-state index in [1.54, 1.807) is 0 Å². The molecule has 2 aromatic rings. The van der Waals surface area contributed by atoms with Crippen LogP contribution in [0.2, 0.25) is 5.02 Å². The van der Waals surface area contributed by atoms with Gasteiger partial charge in [0, 0.05) is 16.9 Å². The molecule has 2 unspecified atom stereocenters. The first-order chi connectivity index (χ1) is 10.4. The predicted octanol–water partition coefficient (Wildman–Crippen LogP) is 4.90. The monoisotopic (exact) mass is 312 g/mol. The van der Waals surface area contributed by atoms with Gasteiger partial charge in [-0.2, -0.15) is 10.2 Å². The molecule has 0 aliphatic heterocycles. The van der Waals surface area contributed by atoms with Crippen LogP contribution in [0.15, 0.2) is 30.3 Å². The molecule has 2 nitrogen and oxygen atoms in total. The Morgan fingerprint density at radius 2 is 1.86 bits per heavy atom. The molecule has 2 bridgehead atoms. The van der Waals surface area contributed by atoms with E-state index in [-0.39, 0.29) is 5.41 Å². The second-order valence-corrected chi connectivity index (χ2v) is 8.02. The molecule has 2 atom stereocenters. The fraction of sp³-hybridized carbons (Fsp3) is 0.474. The normalized spacial score (nSPS) is 27.9. The van der Waals surface area contributed by atoms with E-state index in [9.17, 15) is 0 Å². The molecule has 1 saturated carbocycles. The fourth-order valence-corrected chi connectivity index (χ4v) is 4.64. The third-order valence-corrected chi connectivity index (χ3v) is 6.55. The van der Waals surface area contributed by atoms with Gasteiger partial charge in [0.05, 0.1) is 11.4 Å². The Morgan fingerprint density at radius 1 is 1.14 bits per heavy atom. The minimum absolute atomic E-state index is 0.193. The SMILES string of the molecule is CC12CCC(c3cc(Cc4ccc(Cl)cc4)nnc31)C2(C)C. The fourth-order valence-electron chi connectivity index (χ4n) is 4.51. The van der Waals surface area contributed by atoms with Crippen LogP contribution in [0, 0.1) is 5.41 Å². The molecule has 1 aromatic carbocycles. The topological polar surface area (TPSA) is 25.8 Å². The van der Waals surface area contributed by atoms with E-state index in [0.717, 1.165) is 17.1 Å². The van der Waals surface area contributed by atoms with Crippen LogP contribution < -0.4 is 0 Å². The second kappa shape index (κ2) is 4.55. The largest absolute Gasteiger partial charge is 0.155 e. The smallest absolute Gasteiger partial charge is 0.0730 e. The van der Waals surface area contributed by atoms with Gasteiger partial charge >= 0.3 is 0 Å². The summed E-state index contributed by atoms with van der Waals surface area (Å²) in [6.07, 6.45) is 3.34. The summed E-state index contributed by atoms with van der Waals surface area (Å²) in [5, 5.41) is 9.94. The average molecular weight is 313 g/mol. The van der Waals surface area contributed by atoms with Crippen molar-refractivity contribution in [2.75, 3.05) is 0 Å². The summed E-state index contributed by atoms with van der Waals surface area (Å²) in [5.74, 6) is 0.631. The summed E-state index contributed by atoms with van der Waals surface area (Å²) in [5.41, 5.74) is 5.47. The van der Waals surface area contributed by atoms with Gasteiger partial charge in [0.15, 0.2) is 0 Å². The van der Waals surface area contributed by atoms with E-state index in [0.29, 0.717) is 11.3 Å². The zero-order valence-corrected chi connectivity index (χ0v) is 14.1. The number of hydrogen-bond acceptors (Lipinski definition) is 2. The van der Waals surface area contributed by atoms with E-state index < -0.39 is 0 Å². The molecule has 1 heterocycles. The zero-order valence-electron chi connectivity index (χ0n) is 13.4. The molecule has 0 radical (unpaired) electrons. The Bertz CT molecular complexity index is 736. The van der Waals surface area contributed by atoms with Crippen LogP contribution in [0.5, 0.6) is 0 Å². The third kappa shape index (κ3) is 1.80. The molecule has 0 saturated heterocycles. The maximum absolute atomic E-state index is 5.95. The molecule has 22 heavy (non-hydrogen) atoms. The minimum atomic E-state index is 0.193. The first-order valence-electron chi connectivity index (χ1n) is 8.03. The highest BCUT2D eigenvalue weighted by molar-refractivity contribution is 6.30. The number of aromatic nitrogens is 2. The first kappa shape index (κ1) is 14.2. The van der Waals surface area contributed by atoms with Crippen LogP contribution >= 0.6 is 11.6 Å². The summed E-state index contributed by atoms with van der Waals surface area (Å²) in [6.45, 7) is 7.16. The molecular weight excluding hydrogens is 292 g/mol. The van der Waals surface area contributed by atoms with Gasteiger partial charge in [0.1, 0.15) is 0 Å². The summed E-state index contributed by atoms with van der Waals surface area (Å²) in [4.78, 5) is 0. The van der Waals surface area contributed by atoms with Crippen molar-refractivity contribution in [3.8, 4) is 0 Å². The van der Waals surface area contributed by atoms with E-state index in [1.165, 1.54) is 29.7 Å². The molecule has 0 amide bonds. The van der Waals surface area contributed by atoms with Gasteiger partial charge in [-0.3, -0.25) is 0 Å². The predicted molar refractivity (Wildman–Crippen MR) is 89.4 cm³/mol. The Hall–Kier alpha value is -1.41. The number of hydrogen-bond donors (Lipinski definition) is 0. The lowest BCUT2D eigenvalue weighted by Crippen LogP contribution is -2.32. The van der Waals surface area contributed by atoms with Crippen LogP contribution in [0.4, 0.5) is 0 Å². The van der Waals surface area contributed by atoms with Crippen molar-refractivity contribution < 1.29 is 0 Å². The van der Waals surface area contributed by atoms with Crippen LogP contribution in [-0.4, -0.2) is 10.2 Å². The lowest BCUT2D eigenvalue weighted by molar-refractivity contribution is 0.226. The van der Waals surface area contributed by atoms with E-state index >= 15 is 0 Å². The van der Waals surface area contributed by atoms with Crippen molar-refractivity contribution in [3.05, 3.63) is 57.9 Å². The lowest BCUT2D eigenvalue weighted by atomic mass is 9.70. The van der Waals surface area contributed by atoms with Gasteiger partial charge in [-0.15, -0.1) is 0 Å². The number of benzene rings is 1. The maximum Gasteiger partial charge on any atom is 0.0730 e. The van der Waals surface area contributed by atoms with Crippen molar-refractivity contribution in [2.45, 2.75) is 51.4 Å². The number of rotatable bonds is 2. The first-order valence-corrected chi connectivity index (χ1v) is 8.41. The van der Waals surface area contributed by atoms with Gasteiger partial charge in [-0.25, -0.2) is 0 Å². The van der Waals surface area contributed by atoms with Gasteiger partial charge in [-0.1, -0.05) is 44.5 Å². The molecule has 114 valence electrons. The van der Waals surface area contributed by atoms with Crippen molar-refractivity contribution >= 4 is 11.6 Å². The Kier molecular flexibility index (Phi) is 2.93. The van der Waals surface area contributed by atoms with Crippen molar-refractivity contribution in [2.24, 2.45) is 5.41 Å². The lowest BCUT2D eigenvalue weighted by Gasteiger charge is -2.33. The highest BCUT2D eigenvalue weighted by Crippen LogP contribution is 2.66. The standard InChI is InChI=1S/C19H21ClN2/c1-18(2)16-8-9-19(18,3)17-15(16)11-14(21-22-17)10-12-4-6-13(20)7-5-12/h4-7,11,16H,8-10H2,1-3H3. The molecule has 1 aromatic heterocycles. The van der Waals surface area contributed by atoms with Crippen LogP contribution in [0.3, 0.4) is 0 Å². The van der Waals surface area contributed by atoms with Crippen molar-refractivity contribution in [1.82, 2.24) is 10.2 Å². The van der Waals surface area contributed by atoms with Gasteiger partial charge in [0.25, 0.3) is 0 Å². The molecule has 1 fully saturated rings. The minimum Gasteiger partial charge on any atom is -0.155 e. The van der Waals surface area contributed by atoms with Crippen LogP contribution in [0.25, 0.3) is 0 Å². The van der Waals surface area contributed by atoms with E-state index in [4.69, 9.17) is 11.6 Å². The Balaban J connectivity index is 1.70. The molecule has 2 aliphatic rings. The van der Waals surface area contributed by atoms with E-state index in [2.05, 4.69) is 49.2 Å². The Morgan fingerprint density at radius 3 is 2.59 bits per heavy atom. The average Bonchev–Trinajstić information content (AvgIpc) is 2.81. The molecule has 0 spiro atoms. The summed E-state index contributed by atoms with van der Waals surface area (Å²) >= 11 is 5.95. The summed E-state index contributed by atoms with van der Waals surface area (Å²) in [7, 11) is 0. The molecular formula is C19H21ClN2. The van der Waals surface area contributed by atoms with Crippen LogP contribution in [0.1, 0.15) is 62.0 Å². The van der Waals surface area contributed by atoms with E-state index in [1.807, 2.05) is 12.1 Å². The maximum atomic E-state index is 5.95. The van der Waals surface area contributed by atoms with Gasteiger partial charge < -0.3 is 0 Å². The number of fused-ring (bicyclic) bond motifs is 5. The zero-order chi connectivity index (χ0) is 15.5. The van der Waals surface area contributed by atoms with Gasteiger partial charge in [-0.05, 0) is 53.5 Å². The quantitative estimate of drug-likeness (QED) is 0.788. The van der Waals surface area contributed by atoms with Gasteiger partial charge in [0.2, 0.25) is 0 Å². The number of nitrogens with zero attached hydrogens (tertiary/aromatic N) is 2.